The molecule has 1 aliphatic heterocycles. The number of carbonyl (C=O) groups excluding carboxylic acids is 2. The minimum Gasteiger partial charge on any atom is -0.422 e. The minimum atomic E-state index is -4.58. The van der Waals surface area contributed by atoms with Crippen LogP contribution >= 0.6 is 0 Å². The number of halogens is 3. The lowest BCUT2D eigenvalue weighted by molar-refractivity contribution is -0.244. The molecule has 0 spiro atoms. The van der Waals surface area contributed by atoms with Crippen LogP contribution in [0.3, 0.4) is 0 Å². The van der Waals surface area contributed by atoms with Crippen LogP contribution in [-0.4, -0.2) is 27.4 Å². The molecule has 0 amide bonds. The first-order valence-electron chi connectivity index (χ1n) is 8.82. The van der Waals surface area contributed by atoms with Crippen molar-refractivity contribution in [3.05, 3.63) is 52.8 Å². The summed E-state index contributed by atoms with van der Waals surface area (Å²) in [7, 11) is 0. The molecular weight excluding hydrogens is 391 g/mol. The fourth-order valence-corrected chi connectivity index (χ4v) is 3.53. The van der Waals surface area contributed by atoms with Crippen LogP contribution in [0.4, 0.5) is 13.2 Å². The van der Waals surface area contributed by atoms with Crippen molar-refractivity contribution in [3.63, 3.8) is 0 Å². The number of nitrogens with zero attached hydrogens (tertiary/aromatic N) is 1. The normalized spacial score (nSPS) is 18.3. The van der Waals surface area contributed by atoms with Crippen molar-refractivity contribution in [2.24, 2.45) is 5.92 Å². The number of hydrogen-bond donors (Lipinski definition) is 1. The van der Waals surface area contributed by atoms with Gasteiger partial charge in [-0.05, 0) is 32.0 Å². The summed E-state index contributed by atoms with van der Waals surface area (Å²) in [5, 5.41) is 10.7. The van der Waals surface area contributed by atoms with Crippen molar-refractivity contribution in [2.75, 3.05) is 0 Å². The van der Waals surface area contributed by atoms with Gasteiger partial charge in [0.2, 0.25) is 0 Å². The number of esters is 2. The van der Waals surface area contributed by atoms with Crippen LogP contribution < -0.4 is 0 Å². The predicted molar refractivity (Wildman–Crippen MR) is 95.0 cm³/mol. The SMILES string of the molecule is Cc1cc([C@H](O)C2C(=O)OC(C)(C)OC2=O)c(C)n1-c1ccccc1C(F)(F)F. The second-order valence-electron chi connectivity index (χ2n) is 7.34. The lowest BCUT2D eigenvalue weighted by Crippen LogP contribution is -2.48. The van der Waals surface area contributed by atoms with Gasteiger partial charge in [-0.25, -0.2) is 0 Å². The summed E-state index contributed by atoms with van der Waals surface area (Å²) < 4.78 is 51.7. The number of aryl methyl sites for hydroxylation is 1. The number of aliphatic hydroxyl groups excluding tert-OH is 1. The Morgan fingerprint density at radius 3 is 2.21 bits per heavy atom. The molecule has 0 bridgehead atoms. The molecule has 1 N–H and O–H groups in total. The number of rotatable bonds is 3. The number of hydrogen-bond acceptors (Lipinski definition) is 5. The molecule has 6 nitrogen and oxygen atoms in total. The highest BCUT2D eigenvalue weighted by atomic mass is 19.4. The molecule has 1 saturated heterocycles. The van der Waals surface area contributed by atoms with Gasteiger partial charge in [0, 0.05) is 30.8 Å². The van der Waals surface area contributed by atoms with Crippen LogP contribution in [0.2, 0.25) is 0 Å². The zero-order valence-electron chi connectivity index (χ0n) is 16.2. The Labute approximate surface area is 164 Å². The Morgan fingerprint density at radius 1 is 1.10 bits per heavy atom. The molecule has 0 aliphatic carbocycles. The van der Waals surface area contributed by atoms with Crippen molar-refractivity contribution in [1.82, 2.24) is 4.57 Å². The third-order valence-corrected chi connectivity index (χ3v) is 4.76. The van der Waals surface area contributed by atoms with Gasteiger partial charge in [-0.15, -0.1) is 0 Å². The zero-order valence-corrected chi connectivity index (χ0v) is 16.2. The third kappa shape index (κ3) is 3.74. The van der Waals surface area contributed by atoms with E-state index in [4.69, 9.17) is 9.47 Å². The summed E-state index contributed by atoms with van der Waals surface area (Å²) in [5.41, 5.74) is -0.175. The number of para-hydroxylation sites is 1. The largest absolute Gasteiger partial charge is 0.422 e. The molecule has 29 heavy (non-hydrogen) atoms. The van der Waals surface area contributed by atoms with Crippen molar-refractivity contribution >= 4 is 11.9 Å². The smallest absolute Gasteiger partial charge is 0.418 e. The second kappa shape index (κ2) is 6.91. The van der Waals surface area contributed by atoms with E-state index in [9.17, 15) is 27.9 Å². The van der Waals surface area contributed by atoms with Gasteiger partial charge in [-0.3, -0.25) is 9.59 Å². The summed E-state index contributed by atoms with van der Waals surface area (Å²) in [6, 6.07) is 6.46. The highest BCUT2D eigenvalue weighted by molar-refractivity contribution is 5.97. The van der Waals surface area contributed by atoms with Gasteiger partial charge in [-0.1, -0.05) is 12.1 Å². The highest BCUT2D eigenvalue weighted by Gasteiger charge is 2.48. The Bertz CT molecular complexity index is 957. The first-order chi connectivity index (χ1) is 13.3. The molecule has 2 aromatic rings. The lowest BCUT2D eigenvalue weighted by atomic mass is 9.94. The molecule has 1 aromatic carbocycles. The molecule has 1 aromatic heterocycles. The molecule has 1 aliphatic rings. The summed E-state index contributed by atoms with van der Waals surface area (Å²) in [5.74, 6) is -5.00. The van der Waals surface area contributed by atoms with E-state index in [0.717, 1.165) is 6.07 Å². The van der Waals surface area contributed by atoms with Gasteiger partial charge in [0.05, 0.1) is 11.3 Å². The maximum Gasteiger partial charge on any atom is 0.418 e. The summed E-state index contributed by atoms with van der Waals surface area (Å²) in [6.07, 6.45) is -6.22. The van der Waals surface area contributed by atoms with Crippen molar-refractivity contribution in [1.29, 1.82) is 0 Å². The van der Waals surface area contributed by atoms with Crippen LogP contribution in [0.25, 0.3) is 5.69 Å². The molecule has 0 unspecified atom stereocenters. The van der Waals surface area contributed by atoms with E-state index in [2.05, 4.69) is 0 Å². The number of cyclic esters (lactones) is 2. The van der Waals surface area contributed by atoms with E-state index in [1.165, 1.54) is 49.6 Å². The van der Waals surface area contributed by atoms with Crippen LogP contribution in [0, 0.1) is 19.8 Å². The van der Waals surface area contributed by atoms with Crippen LogP contribution in [0.15, 0.2) is 30.3 Å². The van der Waals surface area contributed by atoms with Crippen LogP contribution in [-0.2, 0) is 25.2 Å². The number of carbonyl (C=O) groups is 2. The van der Waals surface area contributed by atoms with Crippen LogP contribution in [0.1, 0.15) is 42.5 Å². The van der Waals surface area contributed by atoms with Gasteiger partial charge >= 0.3 is 18.1 Å². The van der Waals surface area contributed by atoms with Gasteiger partial charge in [0.25, 0.3) is 5.79 Å². The van der Waals surface area contributed by atoms with E-state index in [1.54, 1.807) is 6.92 Å². The van der Waals surface area contributed by atoms with E-state index < -0.39 is 41.5 Å². The molecule has 0 radical (unpaired) electrons. The predicted octanol–water partition coefficient (Wildman–Crippen LogP) is 3.60. The standard InChI is InChI=1S/C20H20F3NO5/c1-10-9-12(16(25)15-17(26)28-19(3,4)29-18(15)27)11(2)24(10)14-8-6-5-7-13(14)20(21,22)23/h5-9,15-16,25H,1-4H3/t16-/m0/s1. The Balaban J connectivity index is 2.06. The van der Waals surface area contributed by atoms with E-state index in [0.29, 0.717) is 5.69 Å². The zero-order chi connectivity index (χ0) is 21.7. The van der Waals surface area contributed by atoms with Gasteiger partial charge < -0.3 is 19.1 Å². The number of ether oxygens (including phenoxy) is 2. The van der Waals surface area contributed by atoms with Gasteiger partial charge in [-0.2, -0.15) is 13.2 Å². The third-order valence-electron chi connectivity index (χ3n) is 4.76. The van der Waals surface area contributed by atoms with Gasteiger partial charge in [0.1, 0.15) is 6.10 Å². The fraction of sp³-hybridized carbons (Fsp3) is 0.400. The number of aromatic nitrogens is 1. The number of alkyl halides is 3. The summed E-state index contributed by atoms with van der Waals surface area (Å²) in [6.45, 7) is 5.83. The molecule has 9 heteroatoms. The molecule has 1 fully saturated rings. The lowest BCUT2D eigenvalue weighted by Gasteiger charge is -2.34. The van der Waals surface area contributed by atoms with E-state index >= 15 is 0 Å². The molecule has 1 atom stereocenters. The van der Waals surface area contributed by atoms with E-state index in [-0.39, 0.29) is 16.9 Å². The number of aliphatic hydroxyl groups is 1. The molecule has 156 valence electrons. The van der Waals surface area contributed by atoms with Crippen molar-refractivity contribution < 1.29 is 37.3 Å². The topological polar surface area (TPSA) is 77.8 Å². The Morgan fingerprint density at radius 2 is 1.66 bits per heavy atom. The maximum absolute atomic E-state index is 13.4. The second-order valence-corrected chi connectivity index (χ2v) is 7.34. The first-order valence-corrected chi connectivity index (χ1v) is 8.82. The Kier molecular flexibility index (Phi) is 4.98. The van der Waals surface area contributed by atoms with Crippen molar-refractivity contribution in [3.8, 4) is 5.69 Å². The molecular formula is C20H20F3NO5. The fourth-order valence-electron chi connectivity index (χ4n) is 3.53. The number of benzene rings is 1. The first kappa shape index (κ1) is 20.9. The maximum atomic E-state index is 13.4. The highest BCUT2D eigenvalue weighted by Crippen LogP contribution is 2.38. The average molecular weight is 411 g/mol. The summed E-state index contributed by atoms with van der Waals surface area (Å²) >= 11 is 0. The average Bonchev–Trinajstić information content (AvgIpc) is 2.86. The Hall–Kier alpha value is -2.81. The molecule has 0 saturated carbocycles. The van der Waals surface area contributed by atoms with E-state index in [1.807, 2.05) is 0 Å². The monoisotopic (exact) mass is 411 g/mol. The van der Waals surface area contributed by atoms with Crippen LogP contribution in [0.5, 0.6) is 0 Å². The summed E-state index contributed by atoms with van der Waals surface area (Å²) in [4.78, 5) is 24.5. The van der Waals surface area contributed by atoms with Gasteiger partial charge in [0.15, 0.2) is 5.92 Å². The molecule has 3 rings (SSSR count). The molecule has 2 heterocycles. The minimum absolute atomic E-state index is 0.122. The quantitative estimate of drug-likeness (QED) is 0.617. The van der Waals surface area contributed by atoms with Crippen molar-refractivity contribution in [2.45, 2.75) is 45.8 Å².